The SMILES string of the molecule is Cc1cc(C2CC2)nc2cc([C@@H]3CCCCN3C(=O)C(c3ccccc3)N(C)C)nn12. The number of carbonyl (C=O) groups excluding carboxylic acids is 1. The molecule has 2 atom stereocenters. The summed E-state index contributed by atoms with van der Waals surface area (Å²) in [6.07, 6.45) is 5.56. The summed E-state index contributed by atoms with van der Waals surface area (Å²) >= 11 is 0. The highest BCUT2D eigenvalue weighted by Gasteiger charge is 2.35. The molecule has 3 heterocycles. The minimum atomic E-state index is -0.292. The summed E-state index contributed by atoms with van der Waals surface area (Å²) < 4.78 is 1.94. The van der Waals surface area contributed by atoms with Crippen LogP contribution in [0.5, 0.6) is 0 Å². The van der Waals surface area contributed by atoms with Gasteiger partial charge in [0.05, 0.1) is 11.7 Å². The van der Waals surface area contributed by atoms with E-state index in [0.29, 0.717) is 5.92 Å². The van der Waals surface area contributed by atoms with Crippen LogP contribution in [0.1, 0.15) is 72.8 Å². The van der Waals surface area contributed by atoms with Gasteiger partial charge in [-0.1, -0.05) is 30.3 Å². The summed E-state index contributed by atoms with van der Waals surface area (Å²) in [4.78, 5) is 22.7. The minimum Gasteiger partial charge on any atom is -0.332 e. The molecular weight excluding hydrogens is 386 g/mol. The summed E-state index contributed by atoms with van der Waals surface area (Å²) in [5.41, 5.74) is 5.19. The van der Waals surface area contributed by atoms with Crippen LogP contribution >= 0.6 is 0 Å². The highest BCUT2D eigenvalue weighted by atomic mass is 16.2. The Kier molecular flexibility index (Phi) is 5.26. The van der Waals surface area contributed by atoms with Gasteiger partial charge < -0.3 is 4.90 Å². The number of nitrogens with zero attached hydrogens (tertiary/aromatic N) is 5. The Morgan fingerprint density at radius 2 is 1.84 bits per heavy atom. The lowest BCUT2D eigenvalue weighted by atomic mass is 9.96. The predicted octanol–water partition coefficient (Wildman–Crippen LogP) is 4.27. The Morgan fingerprint density at radius 1 is 1.06 bits per heavy atom. The Labute approximate surface area is 183 Å². The van der Waals surface area contributed by atoms with E-state index in [1.54, 1.807) is 0 Å². The van der Waals surface area contributed by atoms with Gasteiger partial charge in [0, 0.05) is 29.9 Å². The van der Waals surface area contributed by atoms with E-state index in [2.05, 4.69) is 24.0 Å². The largest absolute Gasteiger partial charge is 0.332 e. The van der Waals surface area contributed by atoms with Gasteiger partial charge in [-0.25, -0.2) is 9.50 Å². The highest BCUT2D eigenvalue weighted by molar-refractivity contribution is 5.83. The van der Waals surface area contributed by atoms with Crippen LogP contribution in [0.2, 0.25) is 0 Å². The molecule has 1 aliphatic heterocycles. The number of piperidine rings is 1. The zero-order valence-corrected chi connectivity index (χ0v) is 18.7. The van der Waals surface area contributed by atoms with Gasteiger partial charge >= 0.3 is 0 Å². The van der Waals surface area contributed by atoms with Gasteiger partial charge in [-0.15, -0.1) is 0 Å². The third-order valence-corrected chi connectivity index (χ3v) is 6.63. The van der Waals surface area contributed by atoms with E-state index in [4.69, 9.17) is 10.1 Å². The minimum absolute atomic E-state index is 0.00196. The number of rotatable bonds is 5. The molecule has 6 nitrogen and oxygen atoms in total. The molecule has 2 fully saturated rings. The second kappa shape index (κ2) is 8.08. The maximum atomic E-state index is 13.8. The molecular formula is C25H31N5O. The molecule has 1 aromatic carbocycles. The molecule has 3 aromatic rings. The van der Waals surface area contributed by atoms with E-state index >= 15 is 0 Å². The van der Waals surface area contributed by atoms with E-state index in [1.807, 2.05) is 53.8 Å². The number of hydrogen-bond acceptors (Lipinski definition) is 4. The quantitative estimate of drug-likeness (QED) is 0.622. The standard InChI is InChI=1S/C25H31N5O/c1-17-15-20(18-12-13-18)26-23-16-21(27-30(17)23)22-11-7-8-14-29(22)25(31)24(28(2)3)19-9-5-4-6-10-19/h4-6,9-10,15-16,18,22,24H,7-8,11-14H2,1-3H3/t22-,24?/m0/s1. The van der Waals surface area contributed by atoms with Crippen LogP contribution in [-0.2, 0) is 4.79 Å². The van der Waals surface area contributed by atoms with E-state index < -0.39 is 0 Å². The third kappa shape index (κ3) is 3.85. The molecule has 162 valence electrons. The normalized spacial score (nSPS) is 20.4. The van der Waals surface area contributed by atoms with Crippen molar-refractivity contribution in [1.82, 2.24) is 24.4 Å². The van der Waals surface area contributed by atoms with Crippen molar-refractivity contribution in [3.05, 3.63) is 65.1 Å². The fraction of sp³-hybridized carbons (Fsp3) is 0.480. The summed E-state index contributed by atoms with van der Waals surface area (Å²) in [7, 11) is 3.96. The highest BCUT2D eigenvalue weighted by Crippen LogP contribution is 2.40. The fourth-order valence-corrected chi connectivity index (χ4v) is 4.88. The summed E-state index contributed by atoms with van der Waals surface area (Å²) in [6.45, 7) is 2.87. The maximum Gasteiger partial charge on any atom is 0.245 e. The molecule has 1 saturated carbocycles. The number of likely N-dealkylation sites (tertiary alicyclic amines) is 1. The summed E-state index contributed by atoms with van der Waals surface area (Å²) in [6, 6.07) is 14.1. The first-order valence-corrected chi connectivity index (χ1v) is 11.4. The van der Waals surface area contributed by atoms with Crippen LogP contribution in [0.3, 0.4) is 0 Å². The van der Waals surface area contributed by atoms with E-state index in [9.17, 15) is 4.79 Å². The molecule has 1 amide bonds. The molecule has 0 bridgehead atoms. The van der Waals surface area contributed by atoms with Crippen LogP contribution in [0.4, 0.5) is 0 Å². The van der Waals surface area contributed by atoms with Crippen molar-refractivity contribution in [3.8, 4) is 0 Å². The number of carbonyl (C=O) groups is 1. The van der Waals surface area contributed by atoms with Gasteiger partial charge in [0.2, 0.25) is 5.91 Å². The van der Waals surface area contributed by atoms with Crippen molar-refractivity contribution in [2.45, 2.75) is 57.0 Å². The monoisotopic (exact) mass is 417 g/mol. The van der Waals surface area contributed by atoms with Crippen molar-refractivity contribution < 1.29 is 4.79 Å². The van der Waals surface area contributed by atoms with E-state index in [0.717, 1.165) is 48.4 Å². The molecule has 1 aliphatic carbocycles. The van der Waals surface area contributed by atoms with Crippen LogP contribution in [-0.4, -0.2) is 50.9 Å². The van der Waals surface area contributed by atoms with Crippen molar-refractivity contribution >= 4 is 11.6 Å². The molecule has 1 saturated heterocycles. The topological polar surface area (TPSA) is 53.7 Å². The second-order valence-corrected chi connectivity index (χ2v) is 9.26. The Balaban J connectivity index is 1.49. The predicted molar refractivity (Wildman–Crippen MR) is 121 cm³/mol. The van der Waals surface area contributed by atoms with Crippen molar-refractivity contribution in [1.29, 1.82) is 0 Å². The molecule has 0 radical (unpaired) electrons. The average molecular weight is 418 g/mol. The van der Waals surface area contributed by atoms with Crippen LogP contribution in [0.25, 0.3) is 5.65 Å². The number of likely N-dealkylation sites (N-methyl/N-ethyl adjacent to an activating group) is 1. The number of aryl methyl sites for hydroxylation is 1. The summed E-state index contributed by atoms with van der Waals surface area (Å²) in [5.74, 6) is 0.767. The fourth-order valence-electron chi connectivity index (χ4n) is 4.88. The number of amides is 1. The lowest BCUT2D eigenvalue weighted by Gasteiger charge is -2.38. The molecule has 0 spiro atoms. The van der Waals surface area contributed by atoms with Crippen molar-refractivity contribution in [3.63, 3.8) is 0 Å². The molecule has 31 heavy (non-hydrogen) atoms. The van der Waals surface area contributed by atoms with Gasteiger partial charge in [-0.3, -0.25) is 9.69 Å². The van der Waals surface area contributed by atoms with Crippen molar-refractivity contribution in [2.24, 2.45) is 0 Å². The number of hydrogen-bond donors (Lipinski definition) is 0. The molecule has 1 unspecified atom stereocenters. The molecule has 2 aromatic heterocycles. The lowest BCUT2D eigenvalue weighted by Crippen LogP contribution is -2.44. The number of aromatic nitrogens is 3. The van der Waals surface area contributed by atoms with Crippen molar-refractivity contribution in [2.75, 3.05) is 20.6 Å². The van der Waals surface area contributed by atoms with Gasteiger partial charge in [0.15, 0.2) is 5.65 Å². The van der Waals surface area contributed by atoms with Crippen LogP contribution < -0.4 is 0 Å². The van der Waals surface area contributed by atoms with E-state index in [-0.39, 0.29) is 18.0 Å². The first kappa shape index (κ1) is 20.2. The Bertz CT molecular complexity index is 1090. The summed E-state index contributed by atoms with van der Waals surface area (Å²) in [5, 5.41) is 4.91. The Morgan fingerprint density at radius 3 is 2.55 bits per heavy atom. The third-order valence-electron chi connectivity index (χ3n) is 6.63. The smallest absolute Gasteiger partial charge is 0.245 e. The zero-order valence-electron chi connectivity index (χ0n) is 18.7. The maximum absolute atomic E-state index is 13.8. The second-order valence-electron chi connectivity index (χ2n) is 9.26. The number of benzene rings is 1. The molecule has 2 aliphatic rings. The average Bonchev–Trinajstić information content (AvgIpc) is 3.53. The Hall–Kier alpha value is -2.73. The van der Waals surface area contributed by atoms with Crippen LogP contribution in [0.15, 0.2) is 42.5 Å². The number of fused-ring (bicyclic) bond motifs is 1. The van der Waals surface area contributed by atoms with Gasteiger partial charge in [0.25, 0.3) is 0 Å². The van der Waals surface area contributed by atoms with E-state index in [1.165, 1.54) is 18.5 Å². The molecule has 5 rings (SSSR count). The molecule has 6 heteroatoms. The van der Waals surface area contributed by atoms with Gasteiger partial charge in [0.1, 0.15) is 6.04 Å². The molecule has 0 N–H and O–H groups in total. The first-order chi connectivity index (χ1) is 15.0. The van der Waals surface area contributed by atoms with Gasteiger partial charge in [-0.05, 0) is 64.8 Å². The zero-order chi connectivity index (χ0) is 21.5. The van der Waals surface area contributed by atoms with Gasteiger partial charge in [-0.2, -0.15) is 5.10 Å². The first-order valence-electron chi connectivity index (χ1n) is 11.4. The lowest BCUT2D eigenvalue weighted by molar-refractivity contribution is -0.140. The van der Waals surface area contributed by atoms with Crippen LogP contribution in [0, 0.1) is 6.92 Å².